The van der Waals surface area contributed by atoms with Gasteiger partial charge in [-0.2, -0.15) is 0 Å². The molecule has 6 heteroatoms. The largest absolute Gasteiger partial charge is 0.493 e. The summed E-state index contributed by atoms with van der Waals surface area (Å²) in [6, 6.07) is 12.6. The van der Waals surface area contributed by atoms with Gasteiger partial charge in [-0.3, -0.25) is 4.79 Å². The highest BCUT2D eigenvalue weighted by molar-refractivity contribution is 5.92. The third-order valence-corrected chi connectivity index (χ3v) is 3.92. The van der Waals surface area contributed by atoms with E-state index in [1.54, 1.807) is 24.3 Å². The zero-order chi connectivity index (χ0) is 19.8. The van der Waals surface area contributed by atoms with Gasteiger partial charge in [-0.25, -0.2) is 4.79 Å². The van der Waals surface area contributed by atoms with Crippen molar-refractivity contribution in [2.75, 3.05) is 17.2 Å². The first kappa shape index (κ1) is 20.3. The molecule has 0 heterocycles. The Hall–Kier alpha value is -3.02. The SMILES string of the molecule is Cc1ccc(OCCC(=O)Nc2ccc(NC(=O)NC(C)C)cc2)cc1C. The molecule has 6 nitrogen and oxygen atoms in total. The molecule has 0 aliphatic heterocycles. The topological polar surface area (TPSA) is 79.5 Å². The molecule has 2 aromatic carbocycles. The summed E-state index contributed by atoms with van der Waals surface area (Å²) in [6.07, 6.45) is 0.254. The van der Waals surface area contributed by atoms with E-state index in [2.05, 4.69) is 16.0 Å². The fraction of sp³-hybridized carbons (Fsp3) is 0.333. The molecule has 0 spiro atoms. The van der Waals surface area contributed by atoms with Gasteiger partial charge in [0.05, 0.1) is 13.0 Å². The van der Waals surface area contributed by atoms with E-state index in [0.717, 1.165) is 11.3 Å². The Bertz CT molecular complexity index is 786. The van der Waals surface area contributed by atoms with Crippen LogP contribution in [0.25, 0.3) is 0 Å². The predicted molar refractivity (Wildman–Crippen MR) is 108 cm³/mol. The van der Waals surface area contributed by atoms with Gasteiger partial charge in [0.25, 0.3) is 0 Å². The number of rotatable bonds is 7. The number of carbonyl (C=O) groups excluding carboxylic acids is 2. The molecule has 0 bridgehead atoms. The minimum absolute atomic E-state index is 0.0644. The van der Waals surface area contributed by atoms with Crippen LogP contribution in [0.4, 0.5) is 16.2 Å². The van der Waals surface area contributed by atoms with Crippen LogP contribution in [-0.4, -0.2) is 24.6 Å². The monoisotopic (exact) mass is 369 g/mol. The summed E-state index contributed by atoms with van der Waals surface area (Å²) in [4.78, 5) is 23.7. The molecule has 0 fully saturated rings. The summed E-state index contributed by atoms with van der Waals surface area (Å²) in [5, 5.41) is 8.29. The van der Waals surface area contributed by atoms with Crippen molar-refractivity contribution in [2.24, 2.45) is 0 Å². The Kier molecular flexibility index (Phi) is 7.23. The Morgan fingerprint density at radius 2 is 1.56 bits per heavy atom. The molecule has 0 saturated heterocycles. The molecule has 0 radical (unpaired) electrons. The van der Waals surface area contributed by atoms with Crippen LogP contribution in [0.3, 0.4) is 0 Å². The third-order valence-electron chi connectivity index (χ3n) is 3.92. The van der Waals surface area contributed by atoms with E-state index in [4.69, 9.17) is 4.74 Å². The zero-order valence-corrected chi connectivity index (χ0v) is 16.3. The number of urea groups is 1. The molecule has 0 aromatic heterocycles. The second kappa shape index (κ2) is 9.62. The van der Waals surface area contributed by atoms with Crippen molar-refractivity contribution in [3.05, 3.63) is 53.6 Å². The van der Waals surface area contributed by atoms with E-state index < -0.39 is 0 Å². The number of aryl methyl sites for hydroxylation is 2. The normalized spacial score (nSPS) is 10.4. The molecule has 0 atom stereocenters. The van der Waals surface area contributed by atoms with Gasteiger partial charge in [-0.1, -0.05) is 6.07 Å². The Labute approximate surface area is 160 Å². The van der Waals surface area contributed by atoms with Gasteiger partial charge in [0.15, 0.2) is 0 Å². The summed E-state index contributed by atoms with van der Waals surface area (Å²) in [6.45, 7) is 8.16. The van der Waals surface area contributed by atoms with Crippen LogP contribution in [-0.2, 0) is 4.79 Å². The van der Waals surface area contributed by atoms with Crippen molar-refractivity contribution in [2.45, 2.75) is 40.2 Å². The van der Waals surface area contributed by atoms with Crippen LogP contribution in [0, 0.1) is 13.8 Å². The van der Waals surface area contributed by atoms with E-state index >= 15 is 0 Å². The van der Waals surface area contributed by atoms with Gasteiger partial charge in [0.1, 0.15) is 5.75 Å². The van der Waals surface area contributed by atoms with Crippen molar-refractivity contribution < 1.29 is 14.3 Å². The lowest BCUT2D eigenvalue weighted by molar-refractivity contribution is -0.116. The lowest BCUT2D eigenvalue weighted by Gasteiger charge is -2.11. The number of nitrogens with one attached hydrogen (secondary N) is 3. The van der Waals surface area contributed by atoms with Crippen molar-refractivity contribution in [1.82, 2.24) is 5.32 Å². The molecular weight excluding hydrogens is 342 g/mol. The number of benzene rings is 2. The highest BCUT2D eigenvalue weighted by Gasteiger charge is 2.06. The number of hydrogen-bond acceptors (Lipinski definition) is 3. The molecule has 0 aliphatic rings. The summed E-state index contributed by atoms with van der Waals surface area (Å²) in [5.41, 5.74) is 3.69. The summed E-state index contributed by atoms with van der Waals surface area (Å²) in [5.74, 6) is 0.637. The molecule has 2 aromatic rings. The molecular formula is C21H27N3O3. The molecule has 3 amide bonds. The van der Waals surface area contributed by atoms with E-state index in [1.807, 2.05) is 45.9 Å². The van der Waals surface area contributed by atoms with Gasteiger partial charge in [0, 0.05) is 17.4 Å². The fourth-order valence-electron chi connectivity index (χ4n) is 2.36. The number of ether oxygens (including phenoxy) is 1. The van der Waals surface area contributed by atoms with Gasteiger partial charge < -0.3 is 20.7 Å². The van der Waals surface area contributed by atoms with Gasteiger partial charge >= 0.3 is 6.03 Å². The number of hydrogen-bond donors (Lipinski definition) is 3. The Morgan fingerprint density at radius 1 is 0.926 bits per heavy atom. The molecule has 144 valence electrons. The first-order chi connectivity index (χ1) is 12.8. The maximum absolute atomic E-state index is 12.0. The minimum atomic E-state index is -0.259. The molecule has 3 N–H and O–H groups in total. The molecule has 0 saturated carbocycles. The standard InChI is InChI=1S/C21H27N3O3/c1-14(2)22-21(26)24-18-8-6-17(7-9-18)23-20(25)11-12-27-19-10-5-15(3)16(4)13-19/h5-10,13-14H,11-12H2,1-4H3,(H,23,25)(H2,22,24,26). The van der Waals surface area contributed by atoms with Crippen LogP contribution in [0.15, 0.2) is 42.5 Å². The van der Waals surface area contributed by atoms with Gasteiger partial charge in [-0.05, 0) is 75.2 Å². The highest BCUT2D eigenvalue weighted by Crippen LogP contribution is 2.17. The lowest BCUT2D eigenvalue weighted by Crippen LogP contribution is -2.34. The van der Waals surface area contributed by atoms with Crippen molar-refractivity contribution in [1.29, 1.82) is 0 Å². The number of carbonyl (C=O) groups is 2. The van der Waals surface area contributed by atoms with E-state index in [-0.39, 0.29) is 24.4 Å². The highest BCUT2D eigenvalue weighted by atomic mass is 16.5. The average molecular weight is 369 g/mol. The lowest BCUT2D eigenvalue weighted by atomic mass is 10.1. The maximum atomic E-state index is 12.0. The molecule has 2 rings (SSSR count). The average Bonchev–Trinajstić information content (AvgIpc) is 2.59. The van der Waals surface area contributed by atoms with Crippen LogP contribution < -0.4 is 20.7 Å². The van der Waals surface area contributed by atoms with E-state index in [9.17, 15) is 9.59 Å². The first-order valence-corrected chi connectivity index (χ1v) is 9.01. The van der Waals surface area contributed by atoms with Crippen molar-refractivity contribution in [3.8, 4) is 5.75 Å². The fourth-order valence-corrected chi connectivity index (χ4v) is 2.36. The van der Waals surface area contributed by atoms with Gasteiger partial charge in [0.2, 0.25) is 5.91 Å². The van der Waals surface area contributed by atoms with Crippen LogP contribution >= 0.6 is 0 Å². The molecule has 0 unspecified atom stereocenters. The van der Waals surface area contributed by atoms with Gasteiger partial charge in [-0.15, -0.1) is 0 Å². The molecule has 27 heavy (non-hydrogen) atoms. The maximum Gasteiger partial charge on any atom is 0.319 e. The smallest absolute Gasteiger partial charge is 0.319 e. The molecule has 0 aliphatic carbocycles. The Morgan fingerprint density at radius 3 is 2.15 bits per heavy atom. The second-order valence-corrected chi connectivity index (χ2v) is 6.72. The van der Waals surface area contributed by atoms with Crippen LogP contribution in [0.5, 0.6) is 5.75 Å². The van der Waals surface area contributed by atoms with E-state index in [1.165, 1.54) is 5.56 Å². The van der Waals surface area contributed by atoms with Crippen LogP contribution in [0.2, 0.25) is 0 Å². The summed E-state index contributed by atoms with van der Waals surface area (Å²) in [7, 11) is 0. The first-order valence-electron chi connectivity index (χ1n) is 9.01. The third kappa shape index (κ3) is 7.01. The summed E-state index contributed by atoms with van der Waals surface area (Å²) >= 11 is 0. The summed E-state index contributed by atoms with van der Waals surface area (Å²) < 4.78 is 5.63. The zero-order valence-electron chi connectivity index (χ0n) is 16.3. The van der Waals surface area contributed by atoms with E-state index in [0.29, 0.717) is 18.0 Å². The second-order valence-electron chi connectivity index (χ2n) is 6.72. The van der Waals surface area contributed by atoms with Crippen LogP contribution in [0.1, 0.15) is 31.4 Å². The number of anilines is 2. The van der Waals surface area contributed by atoms with Crippen molar-refractivity contribution >= 4 is 23.3 Å². The quantitative estimate of drug-likeness (QED) is 0.683. The predicted octanol–water partition coefficient (Wildman–Crippen LogP) is 4.24. The van der Waals surface area contributed by atoms with Crippen molar-refractivity contribution in [3.63, 3.8) is 0 Å². The Balaban J connectivity index is 1.76. The number of amides is 3. The minimum Gasteiger partial charge on any atom is -0.493 e.